The van der Waals surface area contributed by atoms with Gasteiger partial charge in [-0.1, -0.05) is 28.1 Å². The Bertz CT molecular complexity index is 632. The minimum Gasteiger partial charge on any atom is -0.497 e. The molecule has 1 N–H and O–H groups in total. The molecule has 0 aromatic heterocycles. The molecule has 0 fully saturated rings. The molecule has 0 aliphatic heterocycles. The largest absolute Gasteiger partial charge is 0.497 e. The number of nitrogens with zero attached hydrogens (tertiary/aromatic N) is 1. The van der Waals surface area contributed by atoms with Crippen molar-refractivity contribution in [3.63, 3.8) is 0 Å². The average Bonchev–Trinajstić information content (AvgIpc) is 2.44. The number of rotatable bonds is 5. The summed E-state index contributed by atoms with van der Waals surface area (Å²) in [4.78, 5) is 10.3. The highest BCUT2D eigenvalue weighted by atomic mass is 79.9. The van der Waals surface area contributed by atoms with Gasteiger partial charge < -0.3 is 10.1 Å². The number of methoxy groups -OCH3 is 1. The lowest BCUT2D eigenvalue weighted by atomic mass is 10.2. The van der Waals surface area contributed by atoms with Gasteiger partial charge in [-0.25, -0.2) is 0 Å². The quantitative estimate of drug-likeness (QED) is 0.662. The van der Waals surface area contributed by atoms with Crippen molar-refractivity contribution in [3.05, 3.63) is 62.6 Å². The van der Waals surface area contributed by atoms with Gasteiger partial charge in [-0.3, -0.25) is 10.1 Å². The zero-order valence-electron chi connectivity index (χ0n) is 10.8. The molecule has 2 rings (SSSR count). The average molecular weight is 337 g/mol. The fraction of sp³-hybridized carbons (Fsp3) is 0.143. The summed E-state index contributed by atoms with van der Waals surface area (Å²) in [7, 11) is 1.60. The molecule has 0 heterocycles. The number of hydrogen-bond donors (Lipinski definition) is 1. The number of ether oxygens (including phenoxy) is 1. The predicted molar refractivity (Wildman–Crippen MR) is 81.1 cm³/mol. The van der Waals surface area contributed by atoms with Gasteiger partial charge >= 0.3 is 0 Å². The summed E-state index contributed by atoms with van der Waals surface area (Å²) in [5.74, 6) is 0.737. The smallest absolute Gasteiger partial charge is 0.269 e. The van der Waals surface area contributed by atoms with Gasteiger partial charge in [-0.15, -0.1) is 0 Å². The van der Waals surface area contributed by atoms with Crippen LogP contribution >= 0.6 is 15.9 Å². The molecule has 0 saturated heterocycles. The molecule has 2 aromatic carbocycles. The van der Waals surface area contributed by atoms with Gasteiger partial charge in [0.1, 0.15) is 5.75 Å². The van der Waals surface area contributed by atoms with Crippen molar-refractivity contribution >= 4 is 27.3 Å². The summed E-state index contributed by atoms with van der Waals surface area (Å²) in [6.07, 6.45) is 0. The Labute approximate surface area is 124 Å². The fourth-order valence-corrected chi connectivity index (χ4v) is 2.24. The molecule has 0 spiro atoms. The van der Waals surface area contributed by atoms with Crippen LogP contribution in [0.1, 0.15) is 5.56 Å². The molecule has 2 aromatic rings. The van der Waals surface area contributed by atoms with Gasteiger partial charge in [0.2, 0.25) is 0 Å². The molecule has 0 unspecified atom stereocenters. The van der Waals surface area contributed by atoms with Gasteiger partial charge in [0, 0.05) is 34.9 Å². The second-order valence-electron chi connectivity index (χ2n) is 4.16. The van der Waals surface area contributed by atoms with Crippen molar-refractivity contribution in [3.8, 4) is 5.75 Å². The SMILES string of the molecule is COc1cc(Br)cc(NCc2cccc([N+](=O)[O-])c2)c1. The lowest BCUT2D eigenvalue weighted by Gasteiger charge is -2.09. The van der Waals surface area contributed by atoms with Crippen LogP contribution in [0.4, 0.5) is 11.4 Å². The van der Waals surface area contributed by atoms with Crippen molar-refractivity contribution in [1.29, 1.82) is 0 Å². The van der Waals surface area contributed by atoms with E-state index >= 15 is 0 Å². The first-order chi connectivity index (χ1) is 9.58. The Kier molecular flexibility index (Phi) is 4.57. The number of nitrogens with one attached hydrogen (secondary N) is 1. The van der Waals surface area contributed by atoms with Crippen molar-refractivity contribution in [1.82, 2.24) is 0 Å². The van der Waals surface area contributed by atoms with E-state index in [0.717, 1.165) is 21.5 Å². The molecule has 0 saturated carbocycles. The van der Waals surface area contributed by atoms with E-state index in [9.17, 15) is 10.1 Å². The predicted octanol–water partition coefficient (Wildman–Crippen LogP) is 3.98. The maximum atomic E-state index is 10.7. The van der Waals surface area contributed by atoms with Gasteiger partial charge in [0.15, 0.2) is 0 Å². The molecule has 0 amide bonds. The van der Waals surface area contributed by atoms with Gasteiger partial charge in [0.05, 0.1) is 12.0 Å². The standard InChI is InChI=1S/C14H13BrN2O3/c1-20-14-7-11(15)6-12(8-14)16-9-10-3-2-4-13(5-10)17(18)19/h2-8,16H,9H2,1H3. The Morgan fingerprint density at radius 1 is 1.30 bits per heavy atom. The van der Waals surface area contributed by atoms with Crippen LogP contribution in [0.3, 0.4) is 0 Å². The molecule has 0 radical (unpaired) electrons. The topological polar surface area (TPSA) is 64.4 Å². The van der Waals surface area contributed by atoms with Crippen LogP contribution in [-0.4, -0.2) is 12.0 Å². The zero-order valence-corrected chi connectivity index (χ0v) is 12.4. The van der Waals surface area contributed by atoms with Gasteiger partial charge in [-0.05, 0) is 17.7 Å². The summed E-state index contributed by atoms with van der Waals surface area (Å²) in [6, 6.07) is 12.2. The minimum absolute atomic E-state index is 0.0936. The Hall–Kier alpha value is -2.08. The third-order valence-corrected chi connectivity index (χ3v) is 3.18. The number of non-ortho nitro benzene ring substituents is 1. The van der Waals surface area contributed by atoms with Crippen molar-refractivity contribution in [2.75, 3.05) is 12.4 Å². The van der Waals surface area contributed by atoms with E-state index in [1.54, 1.807) is 19.2 Å². The van der Waals surface area contributed by atoms with Crippen LogP contribution in [0.25, 0.3) is 0 Å². The Morgan fingerprint density at radius 2 is 2.10 bits per heavy atom. The first kappa shape index (κ1) is 14.3. The maximum absolute atomic E-state index is 10.7. The first-order valence-electron chi connectivity index (χ1n) is 5.90. The minimum atomic E-state index is -0.397. The first-order valence-corrected chi connectivity index (χ1v) is 6.69. The summed E-state index contributed by atoms with van der Waals surface area (Å²) in [5, 5.41) is 13.9. The maximum Gasteiger partial charge on any atom is 0.269 e. The molecular formula is C14H13BrN2O3. The lowest BCUT2D eigenvalue weighted by molar-refractivity contribution is -0.384. The number of halogens is 1. The number of anilines is 1. The van der Waals surface area contributed by atoms with Crippen LogP contribution in [-0.2, 0) is 6.54 Å². The highest BCUT2D eigenvalue weighted by Gasteiger charge is 2.06. The summed E-state index contributed by atoms with van der Waals surface area (Å²) in [5.41, 5.74) is 1.82. The van der Waals surface area contributed by atoms with Crippen LogP contribution in [0.5, 0.6) is 5.75 Å². The van der Waals surface area contributed by atoms with E-state index in [-0.39, 0.29) is 5.69 Å². The zero-order chi connectivity index (χ0) is 14.5. The molecule has 0 aliphatic carbocycles. The van der Waals surface area contributed by atoms with Gasteiger partial charge in [0.25, 0.3) is 5.69 Å². The van der Waals surface area contributed by atoms with E-state index in [2.05, 4.69) is 21.2 Å². The van der Waals surface area contributed by atoms with Crippen LogP contribution < -0.4 is 10.1 Å². The monoisotopic (exact) mass is 336 g/mol. The highest BCUT2D eigenvalue weighted by Crippen LogP contribution is 2.25. The molecule has 0 aliphatic rings. The second kappa shape index (κ2) is 6.38. The number of benzene rings is 2. The van der Waals surface area contributed by atoms with E-state index in [4.69, 9.17) is 4.74 Å². The van der Waals surface area contributed by atoms with Crippen LogP contribution in [0.15, 0.2) is 46.9 Å². The van der Waals surface area contributed by atoms with Crippen LogP contribution in [0, 0.1) is 10.1 Å². The molecule has 6 heteroatoms. The Balaban J connectivity index is 2.10. The lowest BCUT2D eigenvalue weighted by Crippen LogP contribution is -2.00. The van der Waals surface area contributed by atoms with Crippen molar-refractivity contribution < 1.29 is 9.66 Å². The van der Waals surface area contributed by atoms with Crippen LogP contribution in [0.2, 0.25) is 0 Å². The number of nitro benzene ring substituents is 1. The summed E-state index contributed by atoms with van der Waals surface area (Å²) in [6.45, 7) is 0.501. The number of hydrogen-bond acceptors (Lipinski definition) is 4. The molecule has 0 bridgehead atoms. The normalized spacial score (nSPS) is 10.1. The van der Waals surface area contributed by atoms with E-state index in [0.29, 0.717) is 6.54 Å². The molecule has 20 heavy (non-hydrogen) atoms. The Morgan fingerprint density at radius 3 is 2.80 bits per heavy atom. The van der Waals surface area contributed by atoms with Gasteiger partial charge in [-0.2, -0.15) is 0 Å². The molecule has 0 atom stereocenters. The summed E-state index contributed by atoms with van der Waals surface area (Å²) < 4.78 is 6.08. The third-order valence-electron chi connectivity index (χ3n) is 2.73. The van der Waals surface area contributed by atoms with E-state index in [1.165, 1.54) is 6.07 Å². The van der Waals surface area contributed by atoms with E-state index in [1.807, 2.05) is 24.3 Å². The number of nitro groups is 1. The fourth-order valence-electron chi connectivity index (χ4n) is 1.77. The van der Waals surface area contributed by atoms with E-state index < -0.39 is 4.92 Å². The third kappa shape index (κ3) is 3.71. The highest BCUT2D eigenvalue weighted by molar-refractivity contribution is 9.10. The summed E-state index contributed by atoms with van der Waals surface area (Å²) >= 11 is 3.40. The van der Waals surface area contributed by atoms with Crippen molar-refractivity contribution in [2.24, 2.45) is 0 Å². The molecular weight excluding hydrogens is 324 g/mol. The molecule has 5 nitrogen and oxygen atoms in total. The van der Waals surface area contributed by atoms with Crippen molar-refractivity contribution in [2.45, 2.75) is 6.54 Å². The second-order valence-corrected chi connectivity index (χ2v) is 5.08. The molecule has 104 valence electrons.